The maximum absolute atomic E-state index is 12.4. The van der Waals surface area contributed by atoms with Gasteiger partial charge < -0.3 is 10.2 Å². The Bertz CT molecular complexity index is 684. The molecule has 2 aromatic rings. The summed E-state index contributed by atoms with van der Waals surface area (Å²) < 4.78 is 0. The quantitative estimate of drug-likeness (QED) is 0.938. The number of aromatic nitrogens is 2. The number of hydrogen-bond acceptors (Lipinski definition) is 4. The van der Waals surface area contributed by atoms with Crippen molar-refractivity contribution in [3.63, 3.8) is 0 Å². The third kappa shape index (κ3) is 3.79. The molecule has 1 amide bonds. The lowest BCUT2D eigenvalue weighted by molar-refractivity contribution is -0.120. The molecule has 5 nitrogen and oxygen atoms in total. The van der Waals surface area contributed by atoms with Gasteiger partial charge in [0, 0.05) is 42.1 Å². The molecule has 0 aliphatic carbocycles. The van der Waals surface area contributed by atoms with Crippen LogP contribution < -0.4 is 10.2 Å². The fourth-order valence-electron chi connectivity index (χ4n) is 2.74. The Kier molecular flexibility index (Phi) is 4.76. The summed E-state index contributed by atoms with van der Waals surface area (Å²) in [6, 6.07) is 5.59. The predicted molar refractivity (Wildman–Crippen MR) is 91.8 cm³/mol. The van der Waals surface area contributed by atoms with E-state index in [1.165, 1.54) is 0 Å². The Hall–Kier alpha value is -2.14. The lowest BCUT2D eigenvalue weighted by Crippen LogP contribution is -2.38. The Morgan fingerprint density at radius 1 is 1.30 bits per heavy atom. The molecule has 0 unspecified atom stereocenters. The number of amides is 1. The first-order valence-electron chi connectivity index (χ1n) is 7.71. The molecule has 1 saturated heterocycles. The van der Waals surface area contributed by atoms with E-state index in [1.54, 1.807) is 24.7 Å². The Balaban J connectivity index is 1.57. The van der Waals surface area contributed by atoms with Crippen LogP contribution in [0.3, 0.4) is 0 Å². The van der Waals surface area contributed by atoms with Crippen LogP contribution in [0.5, 0.6) is 0 Å². The van der Waals surface area contributed by atoms with Gasteiger partial charge >= 0.3 is 0 Å². The third-order valence-corrected chi connectivity index (χ3v) is 4.59. The van der Waals surface area contributed by atoms with Crippen LogP contribution in [0.4, 0.5) is 11.5 Å². The van der Waals surface area contributed by atoms with Crippen LogP contribution in [0.1, 0.15) is 18.4 Å². The van der Waals surface area contributed by atoms with E-state index < -0.39 is 0 Å². The zero-order valence-electron chi connectivity index (χ0n) is 13.0. The van der Waals surface area contributed by atoms with Crippen LogP contribution in [-0.4, -0.2) is 29.0 Å². The molecule has 120 valence electrons. The van der Waals surface area contributed by atoms with Gasteiger partial charge in [0.15, 0.2) is 0 Å². The second kappa shape index (κ2) is 6.96. The van der Waals surface area contributed by atoms with Gasteiger partial charge in [0.25, 0.3) is 0 Å². The minimum atomic E-state index is 0.0167. The summed E-state index contributed by atoms with van der Waals surface area (Å²) >= 11 is 6.10. The van der Waals surface area contributed by atoms with Crippen LogP contribution in [0.15, 0.2) is 36.8 Å². The average molecular weight is 331 g/mol. The molecule has 0 bridgehead atoms. The first kappa shape index (κ1) is 15.7. The Morgan fingerprint density at radius 2 is 2.09 bits per heavy atom. The van der Waals surface area contributed by atoms with Crippen LogP contribution in [-0.2, 0) is 4.79 Å². The number of piperidine rings is 1. The number of anilines is 2. The van der Waals surface area contributed by atoms with Crippen molar-refractivity contribution in [2.45, 2.75) is 19.8 Å². The molecular weight excluding hydrogens is 312 g/mol. The molecule has 1 aliphatic rings. The fourth-order valence-corrected chi connectivity index (χ4v) is 2.92. The molecule has 1 aliphatic heterocycles. The molecule has 2 heterocycles. The number of aryl methyl sites for hydroxylation is 1. The topological polar surface area (TPSA) is 58.1 Å². The summed E-state index contributed by atoms with van der Waals surface area (Å²) in [5, 5.41) is 3.63. The molecule has 0 spiro atoms. The van der Waals surface area contributed by atoms with Gasteiger partial charge in [-0.1, -0.05) is 17.7 Å². The molecule has 6 heteroatoms. The van der Waals surface area contributed by atoms with Crippen molar-refractivity contribution >= 4 is 29.0 Å². The minimum absolute atomic E-state index is 0.0167. The molecule has 0 atom stereocenters. The second-order valence-electron chi connectivity index (χ2n) is 5.78. The van der Waals surface area contributed by atoms with Crippen molar-refractivity contribution in [2.75, 3.05) is 23.3 Å². The summed E-state index contributed by atoms with van der Waals surface area (Å²) in [6.07, 6.45) is 6.73. The highest BCUT2D eigenvalue weighted by Crippen LogP contribution is 2.24. The number of carbonyl (C=O) groups is 1. The molecule has 23 heavy (non-hydrogen) atoms. The van der Waals surface area contributed by atoms with E-state index in [9.17, 15) is 4.79 Å². The highest BCUT2D eigenvalue weighted by molar-refractivity contribution is 6.31. The van der Waals surface area contributed by atoms with E-state index in [4.69, 9.17) is 11.6 Å². The predicted octanol–water partition coefficient (Wildman–Crippen LogP) is 3.29. The van der Waals surface area contributed by atoms with Crippen LogP contribution >= 0.6 is 11.6 Å². The lowest BCUT2D eigenvalue weighted by Gasteiger charge is -2.31. The summed E-state index contributed by atoms with van der Waals surface area (Å²) in [5.41, 5.74) is 1.75. The molecule has 3 rings (SSSR count). The smallest absolute Gasteiger partial charge is 0.227 e. The van der Waals surface area contributed by atoms with Crippen LogP contribution in [0.25, 0.3) is 0 Å². The average Bonchev–Trinajstić information content (AvgIpc) is 2.59. The van der Waals surface area contributed by atoms with Crippen molar-refractivity contribution < 1.29 is 4.79 Å². The minimum Gasteiger partial charge on any atom is -0.355 e. The fraction of sp³-hybridized carbons (Fsp3) is 0.353. The third-order valence-electron chi connectivity index (χ3n) is 4.18. The standard InChI is InChI=1S/C17H19ClN4O/c1-12-2-3-14(10-15(12)18)21-17(23)13-4-8-22(9-5-13)16-11-19-6-7-20-16/h2-3,6-7,10-11,13H,4-5,8-9H2,1H3,(H,21,23). The van der Waals surface area contributed by atoms with Gasteiger partial charge in [0.05, 0.1) is 6.20 Å². The van der Waals surface area contributed by atoms with Gasteiger partial charge in [-0.3, -0.25) is 9.78 Å². The molecule has 1 fully saturated rings. The zero-order valence-corrected chi connectivity index (χ0v) is 13.8. The van der Waals surface area contributed by atoms with Crippen molar-refractivity contribution in [3.05, 3.63) is 47.4 Å². The number of rotatable bonds is 3. The summed E-state index contributed by atoms with van der Waals surface area (Å²) in [6.45, 7) is 3.56. The highest BCUT2D eigenvalue weighted by atomic mass is 35.5. The number of benzene rings is 1. The van der Waals surface area contributed by atoms with Gasteiger partial charge in [-0.2, -0.15) is 0 Å². The molecule has 1 aromatic heterocycles. The van der Waals surface area contributed by atoms with Crippen molar-refractivity contribution in [3.8, 4) is 0 Å². The monoisotopic (exact) mass is 330 g/mol. The molecule has 0 saturated carbocycles. The van der Waals surface area contributed by atoms with E-state index in [2.05, 4.69) is 20.2 Å². The molecular formula is C17H19ClN4O. The van der Waals surface area contributed by atoms with Crippen molar-refractivity contribution in [1.82, 2.24) is 9.97 Å². The Labute approximate surface area is 140 Å². The largest absolute Gasteiger partial charge is 0.355 e. The van der Waals surface area contributed by atoms with Crippen LogP contribution in [0, 0.1) is 12.8 Å². The summed E-state index contributed by atoms with van der Waals surface area (Å²) in [7, 11) is 0. The van der Waals surface area contributed by atoms with Gasteiger partial charge in [0.1, 0.15) is 5.82 Å². The van der Waals surface area contributed by atoms with Gasteiger partial charge in [-0.05, 0) is 37.5 Å². The molecule has 1 N–H and O–H groups in total. The second-order valence-corrected chi connectivity index (χ2v) is 6.19. The van der Waals surface area contributed by atoms with E-state index in [1.807, 2.05) is 19.1 Å². The van der Waals surface area contributed by atoms with E-state index in [0.717, 1.165) is 43.0 Å². The normalized spacial score (nSPS) is 15.5. The van der Waals surface area contributed by atoms with E-state index in [-0.39, 0.29) is 11.8 Å². The number of halogens is 1. The van der Waals surface area contributed by atoms with Crippen molar-refractivity contribution in [1.29, 1.82) is 0 Å². The molecule has 1 aromatic carbocycles. The number of hydrogen-bond donors (Lipinski definition) is 1. The SMILES string of the molecule is Cc1ccc(NC(=O)C2CCN(c3cnccn3)CC2)cc1Cl. The molecule has 0 radical (unpaired) electrons. The van der Waals surface area contributed by atoms with Gasteiger partial charge in [-0.15, -0.1) is 0 Å². The maximum Gasteiger partial charge on any atom is 0.227 e. The zero-order chi connectivity index (χ0) is 16.2. The number of nitrogens with one attached hydrogen (secondary N) is 1. The van der Waals surface area contributed by atoms with Gasteiger partial charge in [0.2, 0.25) is 5.91 Å². The first-order chi connectivity index (χ1) is 11.1. The van der Waals surface area contributed by atoms with E-state index in [0.29, 0.717) is 5.02 Å². The Morgan fingerprint density at radius 3 is 2.74 bits per heavy atom. The van der Waals surface area contributed by atoms with E-state index >= 15 is 0 Å². The van der Waals surface area contributed by atoms with Crippen molar-refractivity contribution in [2.24, 2.45) is 5.92 Å². The number of nitrogens with zero attached hydrogens (tertiary/aromatic N) is 3. The maximum atomic E-state index is 12.4. The number of carbonyl (C=O) groups excluding carboxylic acids is 1. The van der Waals surface area contributed by atoms with Gasteiger partial charge in [-0.25, -0.2) is 4.98 Å². The lowest BCUT2D eigenvalue weighted by atomic mass is 9.96. The summed E-state index contributed by atoms with van der Waals surface area (Å²) in [5.74, 6) is 0.948. The highest BCUT2D eigenvalue weighted by Gasteiger charge is 2.25. The van der Waals surface area contributed by atoms with Crippen LogP contribution in [0.2, 0.25) is 5.02 Å². The summed E-state index contributed by atoms with van der Waals surface area (Å²) in [4.78, 5) is 23.0. The first-order valence-corrected chi connectivity index (χ1v) is 8.09.